The summed E-state index contributed by atoms with van der Waals surface area (Å²) < 4.78 is 67.0. The van der Waals surface area contributed by atoms with E-state index in [2.05, 4.69) is 15.7 Å². The van der Waals surface area contributed by atoms with Gasteiger partial charge in [-0.05, 0) is 49.7 Å². The maximum Gasteiger partial charge on any atom is 0.278 e. The van der Waals surface area contributed by atoms with Crippen LogP contribution in [-0.4, -0.2) is 96.6 Å². The van der Waals surface area contributed by atoms with Crippen molar-refractivity contribution in [1.82, 2.24) is 18.2 Å². The summed E-state index contributed by atoms with van der Waals surface area (Å²) in [5, 5.41) is 0. The number of nitrogens with one attached hydrogen (secondary N) is 1. The molecule has 0 aromatic heterocycles. The van der Waals surface area contributed by atoms with Crippen LogP contribution in [0.1, 0.15) is 42.9 Å². The molecule has 3 aliphatic rings. The third-order valence-corrected chi connectivity index (χ3v) is 11.1. The summed E-state index contributed by atoms with van der Waals surface area (Å²) in [6, 6.07) is 4.14. The largest absolute Gasteiger partial charge is 0.493 e. The fraction of sp³-hybridized carbons (Fsp3) is 0.739. The minimum atomic E-state index is -3.56. The van der Waals surface area contributed by atoms with Crippen LogP contribution in [0, 0.1) is 5.92 Å². The van der Waals surface area contributed by atoms with E-state index < -0.39 is 20.2 Å². The number of fused-ring (bicyclic) bond motifs is 4. The number of rotatable bonds is 9. The molecule has 35 heavy (non-hydrogen) atoms. The number of ether oxygens (including phenoxy) is 2. The Hall–Kier alpha value is -1.44. The van der Waals surface area contributed by atoms with E-state index in [1.54, 1.807) is 18.5 Å². The summed E-state index contributed by atoms with van der Waals surface area (Å²) in [4.78, 5) is 2.50. The Balaban J connectivity index is 1.50. The summed E-state index contributed by atoms with van der Waals surface area (Å²) in [5.41, 5.74) is 2.36. The summed E-state index contributed by atoms with van der Waals surface area (Å²) in [7, 11) is -0.891. The Labute approximate surface area is 209 Å². The maximum atomic E-state index is 13.4. The highest BCUT2D eigenvalue weighted by Crippen LogP contribution is 2.47. The first kappa shape index (κ1) is 26.6. The lowest BCUT2D eigenvalue weighted by atomic mass is 9.77. The fourth-order valence-corrected chi connectivity index (χ4v) is 8.36. The van der Waals surface area contributed by atoms with E-state index in [0.717, 1.165) is 60.1 Å². The Morgan fingerprint density at radius 1 is 1.11 bits per heavy atom. The Morgan fingerprint density at radius 3 is 2.57 bits per heavy atom. The van der Waals surface area contributed by atoms with Crippen LogP contribution in [0.15, 0.2) is 12.1 Å². The number of hydrogen-bond acceptors (Lipinski definition) is 7. The van der Waals surface area contributed by atoms with E-state index in [-0.39, 0.29) is 30.8 Å². The normalized spacial score (nSPS) is 25.6. The van der Waals surface area contributed by atoms with Crippen molar-refractivity contribution in [2.75, 3.05) is 60.2 Å². The first-order valence-electron chi connectivity index (χ1n) is 12.2. The molecular weight excluding hydrogens is 492 g/mol. The molecule has 12 heteroatoms. The van der Waals surface area contributed by atoms with Crippen molar-refractivity contribution in [3.05, 3.63) is 23.3 Å². The molecule has 3 aliphatic heterocycles. The van der Waals surface area contributed by atoms with E-state index in [0.29, 0.717) is 12.5 Å². The molecule has 198 valence electrons. The lowest BCUT2D eigenvalue weighted by Gasteiger charge is -2.51. The van der Waals surface area contributed by atoms with Crippen LogP contribution in [0.4, 0.5) is 0 Å². The zero-order valence-electron chi connectivity index (χ0n) is 21.1. The number of benzene rings is 1. The monoisotopic (exact) mass is 530 g/mol. The molecule has 0 amide bonds. The van der Waals surface area contributed by atoms with Crippen molar-refractivity contribution < 1.29 is 26.3 Å². The minimum absolute atomic E-state index is 0.0486. The van der Waals surface area contributed by atoms with E-state index in [4.69, 9.17) is 9.47 Å². The predicted octanol–water partition coefficient (Wildman–Crippen LogP) is 1.20. The molecule has 0 spiro atoms. The molecule has 4 rings (SSSR count). The zero-order chi connectivity index (χ0) is 25.4. The van der Waals surface area contributed by atoms with E-state index in [1.807, 2.05) is 6.07 Å². The Kier molecular flexibility index (Phi) is 7.99. The van der Waals surface area contributed by atoms with Crippen molar-refractivity contribution in [3.8, 4) is 11.5 Å². The van der Waals surface area contributed by atoms with Gasteiger partial charge in [-0.1, -0.05) is 6.07 Å². The lowest BCUT2D eigenvalue weighted by Crippen LogP contribution is -2.57. The van der Waals surface area contributed by atoms with Gasteiger partial charge in [0.05, 0.1) is 20.0 Å². The molecule has 1 aromatic carbocycles. The molecule has 2 fully saturated rings. The van der Waals surface area contributed by atoms with Gasteiger partial charge in [-0.15, -0.1) is 0 Å². The highest BCUT2D eigenvalue weighted by Gasteiger charge is 2.46. The molecule has 2 saturated heterocycles. The molecular formula is C23H38N4O6S2. The lowest BCUT2D eigenvalue weighted by molar-refractivity contribution is 0.0216. The van der Waals surface area contributed by atoms with Crippen molar-refractivity contribution in [1.29, 1.82) is 0 Å². The van der Waals surface area contributed by atoms with Crippen molar-refractivity contribution in [2.45, 2.75) is 44.2 Å². The van der Waals surface area contributed by atoms with Crippen LogP contribution < -0.4 is 14.2 Å². The van der Waals surface area contributed by atoms with Crippen molar-refractivity contribution in [2.24, 2.45) is 5.92 Å². The van der Waals surface area contributed by atoms with Gasteiger partial charge in [0.15, 0.2) is 11.5 Å². The number of hydrogen-bond donors (Lipinski definition) is 1. The van der Waals surface area contributed by atoms with E-state index in [1.165, 1.54) is 19.7 Å². The highest BCUT2D eigenvalue weighted by molar-refractivity contribution is 7.89. The summed E-state index contributed by atoms with van der Waals surface area (Å²) >= 11 is 0. The van der Waals surface area contributed by atoms with Gasteiger partial charge in [0.1, 0.15) is 0 Å². The molecule has 1 aromatic rings. The minimum Gasteiger partial charge on any atom is -0.493 e. The van der Waals surface area contributed by atoms with Crippen LogP contribution in [0.5, 0.6) is 11.5 Å². The van der Waals surface area contributed by atoms with Crippen LogP contribution in [-0.2, 0) is 26.7 Å². The molecule has 1 N–H and O–H groups in total. The molecule has 3 atom stereocenters. The highest BCUT2D eigenvalue weighted by atomic mass is 32.2. The standard InChI is InChI=1S/C23H38N4O6S2/c1-25(2)35(30,31)24-11-6-14-34(28,29)27-12-5-7-17-16-26-13-10-19-18(21(26)15-20(17)27)8-9-22(32-3)23(19)33-4/h8-9,17,20-21,24H,5-7,10-16H2,1-4H3/t17-,20+,21+/m1/s1. The SMILES string of the molecule is COc1ccc2c(c1OC)CCN1C[C@H]3CCCN(S(=O)(=O)CCCNS(=O)(=O)N(C)C)[C@H]3C[C@@H]21. The molecule has 3 heterocycles. The third kappa shape index (κ3) is 5.33. The summed E-state index contributed by atoms with van der Waals surface area (Å²) in [6.45, 7) is 2.42. The van der Waals surface area contributed by atoms with Crippen molar-refractivity contribution >= 4 is 20.2 Å². The number of piperidine rings is 2. The van der Waals surface area contributed by atoms with Gasteiger partial charge >= 0.3 is 0 Å². The third-order valence-electron chi connectivity index (χ3n) is 7.64. The predicted molar refractivity (Wildman–Crippen MR) is 134 cm³/mol. The van der Waals surface area contributed by atoms with Crippen LogP contribution in [0.2, 0.25) is 0 Å². The van der Waals surface area contributed by atoms with Crippen LogP contribution in [0.3, 0.4) is 0 Å². The summed E-state index contributed by atoms with van der Waals surface area (Å²) in [6.07, 6.45) is 3.75. The van der Waals surface area contributed by atoms with Gasteiger partial charge in [0, 0.05) is 57.9 Å². The first-order chi connectivity index (χ1) is 16.6. The number of sulfonamides is 1. The second kappa shape index (κ2) is 10.5. The topological polar surface area (TPSA) is 108 Å². The van der Waals surface area contributed by atoms with Gasteiger partial charge in [-0.25, -0.2) is 13.1 Å². The van der Waals surface area contributed by atoms with E-state index >= 15 is 0 Å². The van der Waals surface area contributed by atoms with Crippen LogP contribution >= 0.6 is 0 Å². The average Bonchev–Trinajstić information content (AvgIpc) is 2.83. The van der Waals surface area contributed by atoms with Gasteiger partial charge < -0.3 is 9.47 Å². The zero-order valence-corrected chi connectivity index (χ0v) is 22.7. The second-order valence-electron chi connectivity index (χ2n) is 9.80. The summed E-state index contributed by atoms with van der Waals surface area (Å²) in [5.74, 6) is 1.74. The molecule has 0 radical (unpaired) electrons. The Bertz CT molecular complexity index is 1130. The van der Waals surface area contributed by atoms with Gasteiger partial charge in [0.25, 0.3) is 10.2 Å². The molecule has 0 saturated carbocycles. The smallest absolute Gasteiger partial charge is 0.278 e. The molecule has 0 bridgehead atoms. The van der Waals surface area contributed by atoms with E-state index in [9.17, 15) is 16.8 Å². The van der Waals surface area contributed by atoms with Gasteiger partial charge in [-0.2, -0.15) is 17.0 Å². The second-order valence-corrected chi connectivity index (χ2v) is 13.8. The molecule has 0 unspecified atom stereocenters. The van der Waals surface area contributed by atoms with Crippen molar-refractivity contribution in [3.63, 3.8) is 0 Å². The van der Waals surface area contributed by atoms with Crippen LogP contribution in [0.25, 0.3) is 0 Å². The number of nitrogens with zero attached hydrogens (tertiary/aromatic N) is 3. The Morgan fingerprint density at radius 2 is 1.89 bits per heavy atom. The molecule has 10 nitrogen and oxygen atoms in total. The quantitative estimate of drug-likeness (QED) is 0.478. The molecule has 0 aliphatic carbocycles. The van der Waals surface area contributed by atoms with Gasteiger partial charge in [-0.3, -0.25) is 4.90 Å². The average molecular weight is 531 g/mol. The van der Waals surface area contributed by atoms with Gasteiger partial charge in [0.2, 0.25) is 10.0 Å². The first-order valence-corrected chi connectivity index (χ1v) is 15.3. The maximum absolute atomic E-state index is 13.4. The number of methoxy groups -OCH3 is 2. The fourth-order valence-electron chi connectivity index (χ4n) is 5.88.